The second kappa shape index (κ2) is 9.27. The van der Waals surface area contributed by atoms with Crippen molar-refractivity contribution in [1.29, 1.82) is 0 Å². The van der Waals surface area contributed by atoms with Crippen molar-refractivity contribution in [3.8, 4) is 22.4 Å². The lowest BCUT2D eigenvalue weighted by Crippen LogP contribution is -2.38. The van der Waals surface area contributed by atoms with Crippen molar-refractivity contribution in [2.24, 2.45) is 0 Å². The van der Waals surface area contributed by atoms with Gasteiger partial charge < -0.3 is 10.2 Å². The Morgan fingerprint density at radius 2 is 1.81 bits per heavy atom. The molecule has 0 radical (unpaired) electrons. The number of fused-ring (bicyclic) bond motifs is 1. The van der Waals surface area contributed by atoms with Gasteiger partial charge in [-0.15, -0.1) is 0 Å². The molecule has 0 saturated heterocycles. The molecule has 0 unspecified atom stereocenters. The van der Waals surface area contributed by atoms with Crippen LogP contribution >= 0.6 is 11.6 Å². The average molecular weight is 450 g/mol. The Balaban J connectivity index is 1.63. The molecule has 0 aliphatic carbocycles. The quantitative estimate of drug-likeness (QED) is 0.580. The minimum Gasteiger partial charge on any atom is -0.331 e. The summed E-state index contributed by atoms with van der Waals surface area (Å²) in [7, 11) is 0. The fraction of sp³-hybridized carbons (Fsp3) is 0.320. The fourth-order valence-electron chi connectivity index (χ4n) is 3.77. The van der Waals surface area contributed by atoms with E-state index in [-0.39, 0.29) is 11.4 Å². The summed E-state index contributed by atoms with van der Waals surface area (Å²) in [5, 5.41) is 8.96. The highest BCUT2D eigenvalue weighted by atomic mass is 35.5. The predicted molar refractivity (Wildman–Crippen MR) is 128 cm³/mol. The number of aromatic nitrogens is 3. The molecule has 3 aromatic rings. The summed E-state index contributed by atoms with van der Waals surface area (Å²) in [6.07, 6.45) is 7.11. The summed E-state index contributed by atoms with van der Waals surface area (Å²) >= 11 is 6.10. The minimum absolute atomic E-state index is 0.0156. The van der Waals surface area contributed by atoms with E-state index >= 15 is 0 Å². The molecule has 7 heteroatoms. The fourth-order valence-corrected chi connectivity index (χ4v) is 3.89. The van der Waals surface area contributed by atoms with Crippen LogP contribution in [0.3, 0.4) is 0 Å². The Labute approximate surface area is 193 Å². The van der Waals surface area contributed by atoms with Crippen molar-refractivity contribution in [2.75, 3.05) is 13.1 Å². The molecule has 0 saturated carbocycles. The molecule has 1 aliphatic rings. The number of pyridine rings is 1. The van der Waals surface area contributed by atoms with Crippen LogP contribution in [-0.4, -0.2) is 44.2 Å². The SMILES string of the molecule is CC(C)(C)NCC=CC(=O)N1CCn2nc(-c3ccc(Cl)cc3)c(-c3ccncc3)c2C1. The van der Waals surface area contributed by atoms with Crippen LogP contribution in [0.25, 0.3) is 22.4 Å². The van der Waals surface area contributed by atoms with Crippen LogP contribution in [-0.2, 0) is 17.9 Å². The van der Waals surface area contributed by atoms with Gasteiger partial charge in [-0.1, -0.05) is 29.8 Å². The van der Waals surface area contributed by atoms with Crippen LogP contribution in [0.5, 0.6) is 0 Å². The Morgan fingerprint density at radius 3 is 2.50 bits per heavy atom. The van der Waals surface area contributed by atoms with Crippen molar-refractivity contribution in [2.45, 2.75) is 39.4 Å². The zero-order valence-electron chi connectivity index (χ0n) is 18.7. The van der Waals surface area contributed by atoms with Crippen LogP contribution in [0.2, 0.25) is 5.02 Å². The number of rotatable bonds is 5. The lowest BCUT2D eigenvalue weighted by atomic mass is 9.99. The van der Waals surface area contributed by atoms with Crippen LogP contribution in [0.15, 0.2) is 60.9 Å². The number of amides is 1. The Kier molecular flexibility index (Phi) is 6.44. The van der Waals surface area contributed by atoms with Gasteiger partial charge in [0.1, 0.15) is 5.69 Å². The van der Waals surface area contributed by atoms with Gasteiger partial charge >= 0.3 is 0 Å². The number of carbonyl (C=O) groups is 1. The van der Waals surface area contributed by atoms with Gasteiger partial charge in [0.2, 0.25) is 5.91 Å². The Hall–Kier alpha value is -2.96. The van der Waals surface area contributed by atoms with Crippen molar-refractivity contribution >= 4 is 17.5 Å². The lowest BCUT2D eigenvalue weighted by Gasteiger charge is -2.27. The normalized spacial score (nSPS) is 14.1. The number of benzene rings is 1. The maximum Gasteiger partial charge on any atom is 0.246 e. The molecule has 1 amide bonds. The second-order valence-corrected chi connectivity index (χ2v) is 9.37. The van der Waals surface area contributed by atoms with E-state index in [1.165, 1.54) is 0 Å². The molecule has 4 rings (SSSR count). The first kappa shape index (κ1) is 22.2. The van der Waals surface area contributed by atoms with Crippen LogP contribution in [0.1, 0.15) is 26.5 Å². The number of hydrogen-bond acceptors (Lipinski definition) is 4. The maximum atomic E-state index is 12.9. The third-order valence-electron chi connectivity index (χ3n) is 5.39. The molecule has 0 fully saturated rings. The van der Waals surface area contributed by atoms with Crippen molar-refractivity contribution in [3.63, 3.8) is 0 Å². The Morgan fingerprint density at radius 1 is 1.09 bits per heavy atom. The largest absolute Gasteiger partial charge is 0.331 e. The average Bonchev–Trinajstić information content (AvgIpc) is 3.15. The van der Waals surface area contributed by atoms with Crippen LogP contribution in [0.4, 0.5) is 0 Å². The number of nitrogens with one attached hydrogen (secondary N) is 1. The summed E-state index contributed by atoms with van der Waals surface area (Å²) in [5.74, 6) is 0.0156. The van der Waals surface area contributed by atoms with E-state index in [0.717, 1.165) is 28.1 Å². The highest BCUT2D eigenvalue weighted by Crippen LogP contribution is 2.36. The molecular formula is C25H28ClN5O. The van der Waals surface area contributed by atoms with Crippen LogP contribution < -0.4 is 5.32 Å². The molecule has 0 atom stereocenters. The monoisotopic (exact) mass is 449 g/mol. The highest BCUT2D eigenvalue weighted by Gasteiger charge is 2.27. The zero-order chi connectivity index (χ0) is 22.7. The molecule has 3 heterocycles. The van der Waals surface area contributed by atoms with E-state index in [1.807, 2.05) is 52.1 Å². The first-order chi connectivity index (χ1) is 15.3. The molecule has 1 N–H and O–H groups in total. The van der Waals surface area contributed by atoms with Gasteiger partial charge in [0.15, 0.2) is 0 Å². The maximum absolute atomic E-state index is 12.9. The number of nitrogens with zero attached hydrogens (tertiary/aromatic N) is 4. The van der Waals surface area contributed by atoms with E-state index in [2.05, 4.69) is 31.1 Å². The van der Waals surface area contributed by atoms with Crippen LogP contribution in [0, 0.1) is 0 Å². The third-order valence-corrected chi connectivity index (χ3v) is 5.64. The van der Waals surface area contributed by atoms with E-state index in [0.29, 0.717) is 31.2 Å². The van der Waals surface area contributed by atoms with E-state index < -0.39 is 0 Å². The first-order valence-electron chi connectivity index (χ1n) is 10.8. The van der Waals surface area contributed by atoms with Gasteiger partial charge in [0.25, 0.3) is 0 Å². The molecule has 2 aromatic heterocycles. The second-order valence-electron chi connectivity index (χ2n) is 8.93. The Bertz CT molecular complexity index is 1110. The summed E-state index contributed by atoms with van der Waals surface area (Å²) in [6, 6.07) is 11.7. The minimum atomic E-state index is 0.0156. The molecule has 1 aliphatic heterocycles. The third kappa shape index (κ3) is 5.09. The van der Waals surface area contributed by atoms with Gasteiger partial charge in [-0.3, -0.25) is 14.5 Å². The topological polar surface area (TPSA) is 63.1 Å². The van der Waals surface area contributed by atoms with Gasteiger partial charge in [-0.2, -0.15) is 5.10 Å². The van der Waals surface area contributed by atoms with E-state index in [4.69, 9.17) is 16.7 Å². The molecular weight excluding hydrogens is 422 g/mol. The highest BCUT2D eigenvalue weighted by molar-refractivity contribution is 6.30. The summed E-state index contributed by atoms with van der Waals surface area (Å²) in [4.78, 5) is 18.9. The van der Waals surface area contributed by atoms with Crippen molar-refractivity contribution < 1.29 is 4.79 Å². The standard InChI is InChI=1S/C25H28ClN5O/c1-25(2,3)28-12-4-5-22(32)30-15-16-31-21(17-30)23(18-10-13-27-14-11-18)24(29-31)19-6-8-20(26)9-7-19/h4-11,13-14,28H,12,15-17H2,1-3H3. The zero-order valence-corrected chi connectivity index (χ0v) is 19.4. The summed E-state index contributed by atoms with van der Waals surface area (Å²) < 4.78 is 2.02. The van der Waals surface area contributed by atoms with Gasteiger partial charge in [-0.25, -0.2) is 0 Å². The first-order valence-corrected chi connectivity index (χ1v) is 11.2. The molecule has 1 aromatic carbocycles. The van der Waals surface area contributed by atoms with Gasteiger partial charge in [-0.05, 0) is 50.6 Å². The smallest absolute Gasteiger partial charge is 0.246 e. The van der Waals surface area contributed by atoms with E-state index in [1.54, 1.807) is 18.5 Å². The molecule has 0 bridgehead atoms. The van der Waals surface area contributed by atoms with Crippen molar-refractivity contribution in [1.82, 2.24) is 25.0 Å². The molecule has 6 nitrogen and oxygen atoms in total. The number of hydrogen-bond donors (Lipinski definition) is 1. The van der Waals surface area contributed by atoms with Gasteiger partial charge in [0.05, 0.1) is 18.8 Å². The number of carbonyl (C=O) groups excluding carboxylic acids is 1. The summed E-state index contributed by atoms with van der Waals surface area (Å²) in [6.45, 7) is 8.76. The van der Waals surface area contributed by atoms with Crippen molar-refractivity contribution in [3.05, 3.63) is 71.7 Å². The predicted octanol–water partition coefficient (Wildman–Crippen LogP) is 4.55. The molecule has 0 spiro atoms. The lowest BCUT2D eigenvalue weighted by molar-refractivity contribution is -0.127. The van der Waals surface area contributed by atoms with E-state index in [9.17, 15) is 4.79 Å². The summed E-state index contributed by atoms with van der Waals surface area (Å²) in [5.41, 5.74) is 5.00. The van der Waals surface area contributed by atoms with Gasteiger partial charge in [0, 0.05) is 53.2 Å². The molecule has 166 valence electrons. The molecule has 32 heavy (non-hydrogen) atoms. The number of halogens is 1.